The van der Waals surface area contributed by atoms with E-state index in [0.717, 1.165) is 29.7 Å². The lowest BCUT2D eigenvalue weighted by Gasteiger charge is -2.26. The van der Waals surface area contributed by atoms with Crippen LogP contribution in [0.3, 0.4) is 0 Å². The molecular weight excluding hydrogens is 320 g/mol. The van der Waals surface area contributed by atoms with Crippen LogP contribution < -0.4 is 10.6 Å². The predicted octanol–water partition coefficient (Wildman–Crippen LogP) is 3.30. The summed E-state index contributed by atoms with van der Waals surface area (Å²) >= 11 is 0. The molecule has 5 heteroatoms. The number of hydrogen-bond acceptors (Lipinski definition) is 2. The minimum Gasteiger partial charge on any atom is -0.334 e. The van der Waals surface area contributed by atoms with Crippen molar-refractivity contribution in [3.63, 3.8) is 0 Å². The molecule has 2 atom stereocenters. The van der Waals surface area contributed by atoms with Crippen molar-refractivity contribution >= 4 is 16.8 Å². The summed E-state index contributed by atoms with van der Waals surface area (Å²) < 4.78 is 11.4. The molecule has 0 heterocycles. The maximum absolute atomic E-state index is 12.2. The van der Waals surface area contributed by atoms with Gasteiger partial charge in [-0.3, -0.25) is 4.21 Å². The van der Waals surface area contributed by atoms with E-state index in [9.17, 15) is 9.00 Å². The highest BCUT2D eigenvalue weighted by Gasteiger charge is 2.21. The van der Waals surface area contributed by atoms with Crippen LogP contribution in [0.1, 0.15) is 35.6 Å². The molecule has 0 saturated heterocycles. The molecule has 0 spiro atoms. The van der Waals surface area contributed by atoms with Crippen molar-refractivity contribution in [3.05, 3.63) is 65.2 Å². The van der Waals surface area contributed by atoms with Crippen LogP contribution in [-0.2, 0) is 23.8 Å². The van der Waals surface area contributed by atoms with Gasteiger partial charge in [0.2, 0.25) is 0 Å². The van der Waals surface area contributed by atoms with Crippen molar-refractivity contribution < 1.29 is 9.00 Å². The van der Waals surface area contributed by atoms with E-state index in [0.29, 0.717) is 6.54 Å². The fourth-order valence-corrected chi connectivity index (χ4v) is 3.61. The summed E-state index contributed by atoms with van der Waals surface area (Å²) in [6.45, 7) is 0.455. The third-order valence-electron chi connectivity index (χ3n) is 4.38. The fraction of sp³-hybridized carbons (Fsp3) is 0.316. The van der Waals surface area contributed by atoms with Gasteiger partial charge in [-0.05, 0) is 48.1 Å². The third-order valence-corrected chi connectivity index (χ3v) is 5.32. The first-order valence-electron chi connectivity index (χ1n) is 8.18. The first-order valence-corrected chi connectivity index (χ1v) is 9.74. The molecule has 1 aliphatic rings. The Balaban J connectivity index is 1.56. The molecule has 0 unspecified atom stereocenters. The smallest absolute Gasteiger partial charge is 0.315 e. The Kier molecular flexibility index (Phi) is 5.30. The van der Waals surface area contributed by atoms with E-state index in [4.69, 9.17) is 0 Å². The number of nitrogens with one attached hydrogen (secondary N) is 2. The van der Waals surface area contributed by atoms with E-state index in [1.807, 2.05) is 36.4 Å². The van der Waals surface area contributed by atoms with E-state index < -0.39 is 10.8 Å². The van der Waals surface area contributed by atoms with Crippen LogP contribution in [0.15, 0.2) is 53.4 Å². The summed E-state index contributed by atoms with van der Waals surface area (Å²) in [4.78, 5) is 13.0. The predicted molar refractivity (Wildman–Crippen MR) is 96.3 cm³/mol. The van der Waals surface area contributed by atoms with Crippen LogP contribution in [0.5, 0.6) is 0 Å². The van der Waals surface area contributed by atoms with E-state index in [-0.39, 0.29) is 12.1 Å². The van der Waals surface area contributed by atoms with Crippen LogP contribution in [0.2, 0.25) is 0 Å². The Bertz CT molecular complexity index is 743. The Labute approximate surface area is 145 Å². The zero-order chi connectivity index (χ0) is 16.9. The van der Waals surface area contributed by atoms with E-state index in [1.165, 1.54) is 11.1 Å². The Morgan fingerprint density at radius 2 is 1.92 bits per heavy atom. The molecule has 4 nitrogen and oxygen atoms in total. The van der Waals surface area contributed by atoms with Gasteiger partial charge in [-0.25, -0.2) is 4.79 Å². The van der Waals surface area contributed by atoms with Crippen LogP contribution in [0, 0.1) is 0 Å². The van der Waals surface area contributed by atoms with Crippen LogP contribution >= 0.6 is 0 Å². The van der Waals surface area contributed by atoms with Gasteiger partial charge in [-0.2, -0.15) is 0 Å². The molecule has 126 valence electrons. The average molecular weight is 342 g/mol. The highest BCUT2D eigenvalue weighted by Crippen LogP contribution is 2.29. The summed E-state index contributed by atoms with van der Waals surface area (Å²) in [6, 6.07) is 15.7. The van der Waals surface area contributed by atoms with Gasteiger partial charge in [0.15, 0.2) is 0 Å². The lowest BCUT2D eigenvalue weighted by atomic mass is 9.88. The molecule has 0 aliphatic heterocycles. The second-order valence-corrected chi connectivity index (χ2v) is 7.45. The minimum absolute atomic E-state index is 0.0832. The van der Waals surface area contributed by atoms with Gasteiger partial charge in [-0.1, -0.05) is 36.4 Å². The number of hydrogen-bond donors (Lipinski definition) is 2. The quantitative estimate of drug-likeness (QED) is 0.896. The Morgan fingerprint density at radius 3 is 2.67 bits per heavy atom. The number of carbonyl (C=O) groups is 1. The van der Waals surface area contributed by atoms with E-state index in [2.05, 4.69) is 22.8 Å². The molecule has 2 aromatic rings. The molecule has 0 radical (unpaired) electrons. The molecule has 2 N–H and O–H groups in total. The number of fused-ring (bicyclic) bond motifs is 1. The average Bonchev–Trinajstić information content (AvgIpc) is 2.61. The van der Waals surface area contributed by atoms with Crippen LogP contribution in [0.4, 0.5) is 4.79 Å². The van der Waals surface area contributed by atoms with Gasteiger partial charge in [-0.15, -0.1) is 0 Å². The number of rotatable bonds is 4. The van der Waals surface area contributed by atoms with Crippen LogP contribution in [-0.4, -0.2) is 16.5 Å². The Morgan fingerprint density at radius 1 is 1.17 bits per heavy atom. The maximum Gasteiger partial charge on any atom is 0.315 e. The Hall–Kier alpha value is -2.14. The highest BCUT2D eigenvalue weighted by atomic mass is 32.2. The monoisotopic (exact) mass is 342 g/mol. The van der Waals surface area contributed by atoms with Crippen LogP contribution in [0.25, 0.3) is 0 Å². The van der Waals surface area contributed by atoms with Gasteiger partial charge in [0.25, 0.3) is 0 Å². The number of urea groups is 1. The minimum atomic E-state index is -0.976. The van der Waals surface area contributed by atoms with Crippen molar-refractivity contribution in [2.45, 2.75) is 36.7 Å². The topological polar surface area (TPSA) is 58.2 Å². The highest BCUT2D eigenvalue weighted by molar-refractivity contribution is 7.84. The van der Waals surface area contributed by atoms with Gasteiger partial charge in [0.05, 0.1) is 6.04 Å². The lowest BCUT2D eigenvalue weighted by molar-refractivity contribution is 0.235. The second-order valence-electron chi connectivity index (χ2n) is 6.07. The van der Waals surface area contributed by atoms with Crippen molar-refractivity contribution in [1.82, 2.24) is 10.6 Å². The van der Waals surface area contributed by atoms with Gasteiger partial charge >= 0.3 is 6.03 Å². The van der Waals surface area contributed by atoms with Gasteiger partial charge < -0.3 is 10.6 Å². The molecule has 0 saturated carbocycles. The fourth-order valence-electron chi connectivity index (χ4n) is 3.09. The van der Waals surface area contributed by atoms with Crippen molar-refractivity contribution in [1.29, 1.82) is 0 Å². The van der Waals surface area contributed by atoms with Crippen molar-refractivity contribution in [2.24, 2.45) is 0 Å². The summed E-state index contributed by atoms with van der Waals surface area (Å²) in [6.07, 6.45) is 4.81. The third kappa shape index (κ3) is 4.03. The molecule has 2 aromatic carbocycles. The maximum atomic E-state index is 12.2. The van der Waals surface area contributed by atoms with Gasteiger partial charge in [0, 0.05) is 28.5 Å². The molecule has 0 bridgehead atoms. The molecule has 1 aliphatic carbocycles. The number of benzene rings is 2. The normalized spacial score (nSPS) is 17.6. The molecular formula is C19H22N2O2S. The molecule has 0 aromatic heterocycles. The SMILES string of the molecule is C[S@](=O)c1ccc(CNC(=O)N[C@H]2CCCc3ccccc32)cc1. The molecule has 0 fully saturated rings. The summed E-state index contributed by atoms with van der Waals surface area (Å²) in [5.41, 5.74) is 3.55. The van der Waals surface area contributed by atoms with E-state index >= 15 is 0 Å². The molecule has 24 heavy (non-hydrogen) atoms. The zero-order valence-corrected chi connectivity index (χ0v) is 14.6. The number of amides is 2. The van der Waals surface area contributed by atoms with Gasteiger partial charge in [0.1, 0.15) is 0 Å². The zero-order valence-electron chi connectivity index (χ0n) is 13.7. The largest absolute Gasteiger partial charge is 0.334 e. The number of aryl methyl sites for hydroxylation is 1. The summed E-state index contributed by atoms with van der Waals surface area (Å²) in [5, 5.41) is 5.98. The van der Waals surface area contributed by atoms with Crippen molar-refractivity contribution in [3.8, 4) is 0 Å². The summed E-state index contributed by atoms with van der Waals surface area (Å²) in [7, 11) is -0.976. The lowest BCUT2D eigenvalue weighted by Crippen LogP contribution is -2.38. The standard InChI is InChI=1S/C19H22N2O2S/c1-24(23)16-11-9-14(10-12-16)13-20-19(22)21-18-8-4-6-15-5-2-3-7-17(15)18/h2-3,5,7,9-12,18H,4,6,8,13H2,1H3,(H2,20,21,22)/t18-,24-/m0/s1. The molecule has 2 amide bonds. The first kappa shape index (κ1) is 16.7. The summed E-state index contributed by atoms with van der Waals surface area (Å²) in [5.74, 6) is 0. The second kappa shape index (κ2) is 7.62. The first-order chi connectivity index (χ1) is 11.6. The number of carbonyl (C=O) groups excluding carboxylic acids is 1. The van der Waals surface area contributed by atoms with E-state index in [1.54, 1.807) is 6.26 Å². The molecule has 3 rings (SSSR count). The van der Waals surface area contributed by atoms with Crippen molar-refractivity contribution in [2.75, 3.05) is 6.26 Å².